The maximum Gasteiger partial charge on any atom is 0.325 e. The Morgan fingerprint density at radius 3 is 2.48 bits per heavy atom. The predicted octanol–water partition coefficient (Wildman–Crippen LogP) is 4.09. The summed E-state index contributed by atoms with van der Waals surface area (Å²) in [6.45, 7) is 3.89. The Hall–Kier alpha value is -2.99. The molecule has 0 aliphatic carbocycles. The smallest absolute Gasteiger partial charge is 0.319 e. The molecule has 1 N–H and O–H groups in total. The van der Waals surface area contributed by atoms with Gasteiger partial charge >= 0.3 is 6.03 Å². The number of imide groups is 1. The quantitative estimate of drug-likeness (QED) is 0.697. The lowest BCUT2D eigenvalue weighted by Gasteiger charge is -2.22. The first-order chi connectivity index (χ1) is 13.0. The second kappa shape index (κ2) is 6.63. The number of hydrogen-bond donors (Lipinski definition) is 1. The van der Waals surface area contributed by atoms with E-state index in [0.717, 1.165) is 21.7 Å². The van der Waals surface area contributed by atoms with Crippen LogP contribution in [0.4, 0.5) is 4.79 Å². The summed E-state index contributed by atoms with van der Waals surface area (Å²) < 4.78 is 0. The maximum atomic E-state index is 13.0. The van der Waals surface area contributed by atoms with Crippen LogP contribution in [0.25, 0.3) is 10.6 Å². The van der Waals surface area contributed by atoms with E-state index in [1.807, 2.05) is 66.9 Å². The minimum absolute atomic E-state index is 0.162. The second-order valence-electron chi connectivity index (χ2n) is 6.82. The minimum atomic E-state index is -1.05. The molecule has 5 nitrogen and oxygen atoms in total. The summed E-state index contributed by atoms with van der Waals surface area (Å²) in [4.78, 5) is 31.3. The molecule has 1 saturated heterocycles. The van der Waals surface area contributed by atoms with Crippen LogP contribution in [0.5, 0.6) is 0 Å². The van der Waals surface area contributed by atoms with Crippen molar-refractivity contribution in [2.24, 2.45) is 0 Å². The van der Waals surface area contributed by atoms with E-state index in [1.165, 1.54) is 16.2 Å². The zero-order valence-electron chi connectivity index (χ0n) is 15.1. The van der Waals surface area contributed by atoms with Gasteiger partial charge in [-0.3, -0.25) is 9.69 Å². The van der Waals surface area contributed by atoms with E-state index in [0.29, 0.717) is 5.69 Å². The van der Waals surface area contributed by atoms with Crippen LogP contribution < -0.4 is 5.32 Å². The van der Waals surface area contributed by atoms with Gasteiger partial charge < -0.3 is 5.32 Å². The van der Waals surface area contributed by atoms with Gasteiger partial charge in [0.05, 0.1) is 12.2 Å². The third kappa shape index (κ3) is 3.13. The van der Waals surface area contributed by atoms with Gasteiger partial charge in [0.2, 0.25) is 0 Å². The fraction of sp³-hybridized carbons (Fsp3) is 0.190. The summed E-state index contributed by atoms with van der Waals surface area (Å²) in [6, 6.07) is 17.1. The fourth-order valence-corrected chi connectivity index (χ4v) is 4.00. The van der Waals surface area contributed by atoms with Crippen LogP contribution in [-0.2, 0) is 16.9 Å². The molecular weight excluding hydrogens is 358 g/mol. The highest BCUT2D eigenvalue weighted by Crippen LogP contribution is 2.31. The molecule has 0 unspecified atom stereocenters. The number of benzene rings is 2. The molecule has 2 aromatic carbocycles. The molecule has 1 atom stereocenters. The molecule has 4 rings (SSSR count). The molecule has 1 fully saturated rings. The number of nitrogens with one attached hydrogen (secondary N) is 1. The number of carbonyl (C=O) groups is 2. The van der Waals surface area contributed by atoms with Crippen LogP contribution in [0.15, 0.2) is 60.0 Å². The first-order valence-electron chi connectivity index (χ1n) is 8.68. The molecule has 6 heteroatoms. The van der Waals surface area contributed by atoms with Gasteiger partial charge in [-0.15, -0.1) is 11.3 Å². The standard InChI is InChI=1S/C21H19N3O2S/c1-14-8-10-16(11-9-14)21(2)19(25)24(20(26)23-21)12-17-13-27-18(22-17)15-6-4-3-5-7-15/h3-11,13H,12H2,1-2H3,(H,23,26)/t21-/m1/s1. The van der Waals surface area contributed by atoms with Crippen LogP contribution in [0.1, 0.15) is 23.7 Å². The zero-order valence-corrected chi connectivity index (χ0v) is 15.9. The van der Waals surface area contributed by atoms with E-state index in [9.17, 15) is 9.59 Å². The van der Waals surface area contributed by atoms with E-state index in [4.69, 9.17) is 0 Å². The summed E-state index contributed by atoms with van der Waals surface area (Å²) in [5.41, 5.74) is 2.55. The van der Waals surface area contributed by atoms with Crippen LogP contribution in [0.3, 0.4) is 0 Å². The molecule has 0 radical (unpaired) electrons. The van der Waals surface area contributed by atoms with Crippen LogP contribution in [-0.4, -0.2) is 21.8 Å². The average molecular weight is 377 g/mol. The molecule has 1 aliphatic rings. The van der Waals surface area contributed by atoms with Crippen molar-refractivity contribution in [2.45, 2.75) is 25.9 Å². The summed E-state index contributed by atoms with van der Waals surface area (Å²) in [5, 5.41) is 5.60. The first kappa shape index (κ1) is 17.4. The highest BCUT2D eigenvalue weighted by atomic mass is 32.1. The zero-order chi connectivity index (χ0) is 19.0. The van der Waals surface area contributed by atoms with Gasteiger partial charge in [0.1, 0.15) is 10.5 Å². The van der Waals surface area contributed by atoms with Gasteiger partial charge in [-0.05, 0) is 19.4 Å². The number of amides is 3. The van der Waals surface area contributed by atoms with E-state index in [-0.39, 0.29) is 12.5 Å². The summed E-state index contributed by atoms with van der Waals surface area (Å²) in [5.74, 6) is -0.259. The molecule has 27 heavy (non-hydrogen) atoms. The van der Waals surface area contributed by atoms with Gasteiger partial charge in [-0.1, -0.05) is 60.2 Å². The third-order valence-corrected chi connectivity index (χ3v) is 5.74. The molecule has 3 aromatic rings. The lowest BCUT2D eigenvalue weighted by atomic mass is 9.91. The number of urea groups is 1. The molecular formula is C21H19N3O2S. The predicted molar refractivity (Wildman–Crippen MR) is 105 cm³/mol. The number of rotatable bonds is 4. The Balaban J connectivity index is 1.56. The maximum absolute atomic E-state index is 13.0. The number of nitrogens with zero attached hydrogens (tertiary/aromatic N) is 2. The van der Waals surface area contributed by atoms with Crippen molar-refractivity contribution < 1.29 is 9.59 Å². The van der Waals surface area contributed by atoms with E-state index in [1.54, 1.807) is 6.92 Å². The molecule has 1 aromatic heterocycles. The summed E-state index contributed by atoms with van der Waals surface area (Å²) in [7, 11) is 0. The van der Waals surface area contributed by atoms with Crippen molar-refractivity contribution in [1.82, 2.24) is 15.2 Å². The Morgan fingerprint density at radius 2 is 1.78 bits per heavy atom. The highest BCUT2D eigenvalue weighted by molar-refractivity contribution is 7.13. The van der Waals surface area contributed by atoms with Crippen molar-refractivity contribution in [3.63, 3.8) is 0 Å². The molecule has 136 valence electrons. The normalized spacial score (nSPS) is 19.4. The SMILES string of the molecule is Cc1ccc([C@@]2(C)NC(=O)N(Cc3csc(-c4ccccc4)n3)C2=O)cc1. The molecule has 0 spiro atoms. The average Bonchev–Trinajstić information content (AvgIpc) is 3.22. The Morgan fingerprint density at radius 1 is 1.07 bits per heavy atom. The Bertz CT molecular complexity index is 998. The minimum Gasteiger partial charge on any atom is -0.319 e. The summed E-state index contributed by atoms with van der Waals surface area (Å²) in [6.07, 6.45) is 0. The molecule has 3 amide bonds. The monoisotopic (exact) mass is 377 g/mol. The van der Waals surface area contributed by atoms with Crippen molar-refractivity contribution in [2.75, 3.05) is 0 Å². The van der Waals surface area contributed by atoms with Gasteiger partial charge in [0, 0.05) is 10.9 Å². The van der Waals surface area contributed by atoms with Crippen molar-refractivity contribution >= 4 is 23.3 Å². The highest BCUT2D eigenvalue weighted by Gasteiger charge is 2.49. The van der Waals surface area contributed by atoms with E-state index < -0.39 is 11.6 Å². The third-order valence-electron chi connectivity index (χ3n) is 4.80. The second-order valence-corrected chi connectivity index (χ2v) is 7.68. The van der Waals surface area contributed by atoms with Crippen molar-refractivity contribution in [3.05, 3.63) is 76.8 Å². The van der Waals surface area contributed by atoms with Crippen molar-refractivity contribution in [3.8, 4) is 10.6 Å². The van der Waals surface area contributed by atoms with Crippen LogP contribution in [0, 0.1) is 6.92 Å². The topological polar surface area (TPSA) is 62.3 Å². The largest absolute Gasteiger partial charge is 0.325 e. The number of aromatic nitrogens is 1. The number of carbonyl (C=O) groups excluding carboxylic acids is 2. The van der Waals surface area contributed by atoms with Crippen LogP contribution >= 0.6 is 11.3 Å². The lowest BCUT2D eigenvalue weighted by molar-refractivity contribution is -0.131. The van der Waals surface area contributed by atoms with Gasteiger partial charge in [0.15, 0.2) is 0 Å². The Labute approximate surface area is 161 Å². The first-order valence-corrected chi connectivity index (χ1v) is 9.56. The van der Waals surface area contributed by atoms with E-state index >= 15 is 0 Å². The molecule has 0 bridgehead atoms. The van der Waals surface area contributed by atoms with Gasteiger partial charge in [-0.2, -0.15) is 0 Å². The van der Waals surface area contributed by atoms with Gasteiger partial charge in [0.25, 0.3) is 5.91 Å². The van der Waals surface area contributed by atoms with Gasteiger partial charge in [-0.25, -0.2) is 9.78 Å². The molecule has 2 heterocycles. The number of hydrogen-bond acceptors (Lipinski definition) is 4. The van der Waals surface area contributed by atoms with Crippen molar-refractivity contribution in [1.29, 1.82) is 0 Å². The lowest BCUT2D eigenvalue weighted by Crippen LogP contribution is -2.40. The number of thiazole rings is 1. The summed E-state index contributed by atoms with van der Waals surface area (Å²) >= 11 is 1.51. The molecule has 0 saturated carbocycles. The number of aryl methyl sites for hydroxylation is 1. The van der Waals surface area contributed by atoms with Crippen LogP contribution in [0.2, 0.25) is 0 Å². The fourth-order valence-electron chi connectivity index (χ4n) is 3.18. The molecule has 1 aliphatic heterocycles. The van der Waals surface area contributed by atoms with E-state index in [2.05, 4.69) is 10.3 Å². The Kier molecular flexibility index (Phi) is 4.28.